The maximum atomic E-state index is 14.8. The van der Waals surface area contributed by atoms with Crippen molar-refractivity contribution in [3.05, 3.63) is 78.4 Å². The first-order valence-electron chi connectivity index (χ1n) is 7.55. The van der Waals surface area contributed by atoms with Crippen LogP contribution in [0, 0.1) is 11.6 Å². The number of hydrogen-bond acceptors (Lipinski definition) is 2. The van der Waals surface area contributed by atoms with E-state index in [0.717, 1.165) is 10.8 Å². The van der Waals surface area contributed by atoms with E-state index in [1.165, 1.54) is 6.07 Å². The van der Waals surface area contributed by atoms with Gasteiger partial charge in [0.25, 0.3) is 0 Å². The molecule has 0 aliphatic rings. The molecule has 0 unspecified atom stereocenters. The molecule has 2 nitrogen and oxygen atoms in total. The van der Waals surface area contributed by atoms with Crippen LogP contribution in [0.15, 0.2) is 66.7 Å². The number of fused-ring (bicyclic) bond motifs is 2. The van der Waals surface area contributed by atoms with Crippen molar-refractivity contribution in [1.29, 1.82) is 0 Å². The summed E-state index contributed by atoms with van der Waals surface area (Å²) in [7, 11) is 0. The van der Waals surface area contributed by atoms with Crippen LogP contribution >= 0.6 is 0 Å². The van der Waals surface area contributed by atoms with Gasteiger partial charge in [0.2, 0.25) is 0 Å². The van der Waals surface area contributed by atoms with Gasteiger partial charge < -0.3 is 11.1 Å². The van der Waals surface area contributed by atoms with Crippen LogP contribution in [-0.2, 0) is 0 Å². The Bertz CT molecular complexity index is 1070. The fraction of sp³-hybridized carbons (Fsp3) is 0. The topological polar surface area (TPSA) is 38.0 Å². The lowest BCUT2D eigenvalue weighted by Crippen LogP contribution is -1.97. The van der Waals surface area contributed by atoms with E-state index in [2.05, 4.69) is 5.32 Å². The van der Waals surface area contributed by atoms with Crippen LogP contribution in [0.3, 0.4) is 0 Å². The van der Waals surface area contributed by atoms with Gasteiger partial charge in [0.15, 0.2) is 5.82 Å². The minimum Gasteiger partial charge on any atom is -0.398 e. The molecule has 0 heterocycles. The zero-order valence-electron chi connectivity index (χ0n) is 12.7. The molecule has 4 heteroatoms. The van der Waals surface area contributed by atoms with Crippen molar-refractivity contribution in [3.63, 3.8) is 0 Å². The number of halogens is 2. The molecule has 3 N–H and O–H groups in total. The molecule has 0 aliphatic heterocycles. The van der Waals surface area contributed by atoms with Crippen LogP contribution in [0.5, 0.6) is 0 Å². The fourth-order valence-corrected chi connectivity index (χ4v) is 2.93. The summed E-state index contributed by atoms with van der Waals surface area (Å²) in [6, 6.07) is 18.9. The van der Waals surface area contributed by atoms with Gasteiger partial charge in [-0.15, -0.1) is 0 Å². The lowest BCUT2D eigenvalue weighted by atomic mass is 10.1. The highest BCUT2D eigenvalue weighted by molar-refractivity contribution is 5.96. The molecule has 0 fully saturated rings. The van der Waals surface area contributed by atoms with Gasteiger partial charge in [0.1, 0.15) is 5.82 Å². The zero-order chi connectivity index (χ0) is 16.7. The van der Waals surface area contributed by atoms with Crippen LogP contribution in [0.2, 0.25) is 0 Å². The molecule has 0 aromatic heterocycles. The summed E-state index contributed by atoms with van der Waals surface area (Å²) >= 11 is 0. The normalized spacial score (nSPS) is 11.1. The maximum absolute atomic E-state index is 14.8. The van der Waals surface area contributed by atoms with Crippen LogP contribution in [0.4, 0.5) is 25.8 Å². The molecule has 0 saturated carbocycles. The van der Waals surface area contributed by atoms with Crippen molar-refractivity contribution >= 4 is 38.6 Å². The maximum Gasteiger partial charge on any atom is 0.156 e. The van der Waals surface area contributed by atoms with E-state index in [9.17, 15) is 8.78 Å². The second-order valence-corrected chi connectivity index (χ2v) is 5.67. The predicted octanol–water partition coefficient (Wildman–Crippen LogP) is 5.60. The van der Waals surface area contributed by atoms with Crippen molar-refractivity contribution in [2.24, 2.45) is 0 Å². The summed E-state index contributed by atoms with van der Waals surface area (Å²) in [5.41, 5.74) is 7.20. The van der Waals surface area contributed by atoms with Crippen molar-refractivity contribution in [3.8, 4) is 0 Å². The van der Waals surface area contributed by atoms with Gasteiger partial charge in [0, 0.05) is 22.1 Å². The van der Waals surface area contributed by atoms with Gasteiger partial charge in [-0.25, -0.2) is 8.78 Å². The first-order chi connectivity index (χ1) is 11.6. The molecule has 0 aliphatic carbocycles. The van der Waals surface area contributed by atoms with E-state index in [0.29, 0.717) is 27.8 Å². The Labute approximate surface area is 137 Å². The average molecular weight is 320 g/mol. The van der Waals surface area contributed by atoms with E-state index >= 15 is 0 Å². The van der Waals surface area contributed by atoms with Crippen molar-refractivity contribution in [1.82, 2.24) is 0 Å². The second-order valence-electron chi connectivity index (χ2n) is 5.67. The minimum atomic E-state index is -0.417. The molecule has 4 aromatic carbocycles. The molecular weight excluding hydrogens is 306 g/mol. The largest absolute Gasteiger partial charge is 0.398 e. The highest BCUT2D eigenvalue weighted by Crippen LogP contribution is 2.31. The lowest BCUT2D eigenvalue weighted by Gasteiger charge is -2.12. The minimum absolute atomic E-state index is 0.302. The first-order valence-corrected chi connectivity index (χ1v) is 7.55. The summed E-state index contributed by atoms with van der Waals surface area (Å²) in [5.74, 6) is -0.724. The predicted molar refractivity (Wildman–Crippen MR) is 95.5 cm³/mol. The van der Waals surface area contributed by atoms with Crippen LogP contribution in [-0.4, -0.2) is 0 Å². The van der Waals surface area contributed by atoms with Crippen LogP contribution < -0.4 is 11.1 Å². The summed E-state index contributed by atoms with van der Waals surface area (Å²) < 4.78 is 28.7. The molecule has 0 saturated heterocycles. The molecule has 4 rings (SSSR count). The standard InChI is InChI=1S/C20H14F2N2/c21-16-5-1-3-12-7-9-14(11-15(12)16)24-18-10-8-13-4-2-6-17(23)19(13)20(18)22/h1-11,24H,23H2. The smallest absolute Gasteiger partial charge is 0.156 e. The Morgan fingerprint density at radius 1 is 0.792 bits per heavy atom. The Hall–Kier alpha value is -3.14. The van der Waals surface area contributed by atoms with E-state index in [1.54, 1.807) is 48.5 Å². The molecule has 0 bridgehead atoms. The van der Waals surface area contributed by atoms with Gasteiger partial charge in [-0.05, 0) is 41.1 Å². The molecule has 0 spiro atoms. The summed E-state index contributed by atoms with van der Waals surface area (Å²) in [5, 5.41) is 5.42. The first kappa shape index (κ1) is 14.5. The fourth-order valence-electron chi connectivity index (χ4n) is 2.93. The number of nitrogen functional groups attached to an aromatic ring is 1. The third-order valence-corrected chi connectivity index (χ3v) is 4.12. The second kappa shape index (κ2) is 5.49. The lowest BCUT2D eigenvalue weighted by molar-refractivity contribution is 0.640. The van der Waals surface area contributed by atoms with Crippen molar-refractivity contribution < 1.29 is 8.78 Å². The van der Waals surface area contributed by atoms with Gasteiger partial charge in [-0.2, -0.15) is 0 Å². The van der Waals surface area contributed by atoms with Gasteiger partial charge in [0.05, 0.1) is 5.69 Å². The Morgan fingerprint density at radius 2 is 1.54 bits per heavy atom. The Kier molecular flexibility index (Phi) is 3.31. The molecule has 4 aromatic rings. The van der Waals surface area contributed by atoms with Crippen molar-refractivity contribution in [2.45, 2.75) is 0 Å². The SMILES string of the molecule is Nc1cccc2ccc(Nc3ccc4cccc(F)c4c3)c(F)c12. The quantitative estimate of drug-likeness (QED) is 0.472. The summed E-state index contributed by atoms with van der Waals surface area (Å²) in [6.07, 6.45) is 0. The molecular formula is C20H14F2N2. The third kappa shape index (κ3) is 2.33. The van der Waals surface area contributed by atoms with Crippen LogP contribution in [0.25, 0.3) is 21.5 Å². The third-order valence-electron chi connectivity index (χ3n) is 4.12. The number of benzene rings is 4. The highest BCUT2D eigenvalue weighted by atomic mass is 19.1. The van der Waals surface area contributed by atoms with Gasteiger partial charge in [-0.1, -0.05) is 36.4 Å². The van der Waals surface area contributed by atoms with Crippen molar-refractivity contribution in [2.75, 3.05) is 11.1 Å². The number of nitrogens with two attached hydrogens (primary N) is 1. The monoisotopic (exact) mass is 320 g/mol. The van der Waals surface area contributed by atoms with Gasteiger partial charge in [-0.3, -0.25) is 0 Å². The summed E-state index contributed by atoms with van der Waals surface area (Å²) in [4.78, 5) is 0. The van der Waals surface area contributed by atoms with E-state index in [1.807, 2.05) is 12.1 Å². The molecule has 24 heavy (non-hydrogen) atoms. The Balaban J connectivity index is 1.81. The number of nitrogens with one attached hydrogen (secondary N) is 1. The highest BCUT2D eigenvalue weighted by Gasteiger charge is 2.10. The number of rotatable bonds is 2. The molecule has 0 radical (unpaired) electrons. The molecule has 0 amide bonds. The molecule has 0 atom stereocenters. The molecule has 118 valence electrons. The average Bonchev–Trinajstić information content (AvgIpc) is 2.58. The van der Waals surface area contributed by atoms with Gasteiger partial charge >= 0.3 is 0 Å². The van der Waals surface area contributed by atoms with Crippen LogP contribution in [0.1, 0.15) is 0 Å². The number of hydrogen-bond donors (Lipinski definition) is 2. The van der Waals surface area contributed by atoms with E-state index in [-0.39, 0.29) is 5.82 Å². The number of anilines is 3. The van der Waals surface area contributed by atoms with E-state index < -0.39 is 5.82 Å². The Morgan fingerprint density at radius 3 is 2.42 bits per heavy atom. The zero-order valence-corrected chi connectivity index (χ0v) is 12.7. The summed E-state index contributed by atoms with van der Waals surface area (Å²) in [6.45, 7) is 0. The van der Waals surface area contributed by atoms with E-state index in [4.69, 9.17) is 5.73 Å².